The molecule has 0 amide bonds. The van der Waals surface area contributed by atoms with Gasteiger partial charge >= 0.3 is 5.97 Å². The second-order valence-electron chi connectivity index (χ2n) is 5.39. The van der Waals surface area contributed by atoms with E-state index in [4.69, 9.17) is 31.5 Å². The second kappa shape index (κ2) is 9.79. The van der Waals surface area contributed by atoms with E-state index in [1.165, 1.54) is 0 Å². The smallest absolute Gasteiger partial charge is 0.338 e. The summed E-state index contributed by atoms with van der Waals surface area (Å²) in [5.74, 6) is 0.847. The third-order valence-corrected chi connectivity index (χ3v) is 3.57. The van der Waals surface area contributed by atoms with Crippen molar-refractivity contribution in [2.75, 3.05) is 25.6 Å². The molecule has 0 atom stereocenters. The summed E-state index contributed by atoms with van der Waals surface area (Å²) in [6.45, 7) is 3.25. The first-order valence-corrected chi connectivity index (χ1v) is 8.55. The summed E-state index contributed by atoms with van der Waals surface area (Å²) in [7, 11) is 0. The Kier molecular flexibility index (Phi) is 7.41. The largest absolute Gasteiger partial charge is 0.493 e. The number of hydrogen-bond donors (Lipinski definition) is 1. The molecule has 0 radical (unpaired) electrons. The Bertz CT molecular complexity index is 688. The van der Waals surface area contributed by atoms with Crippen molar-refractivity contribution in [3.63, 3.8) is 0 Å². The molecule has 0 aromatic heterocycles. The predicted octanol–water partition coefficient (Wildman–Crippen LogP) is 4.34. The average Bonchev–Trinajstić information content (AvgIpc) is 2.62. The van der Waals surface area contributed by atoms with Crippen LogP contribution in [0.25, 0.3) is 0 Å². The molecule has 0 aliphatic heterocycles. The molecule has 0 spiro atoms. The molecule has 0 aliphatic carbocycles. The molecule has 2 aromatic rings. The minimum Gasteiger partial charge on any atom is -0.493 e. The maximum atomic E-state index is 11.9. The van der Waals surface area contributed by atoms with Crippen LogP contribution in [-0.2, 0) is 4.74 Å². The molecular formula is C19H22ClNO4. The monoisotopic (exact) mass is 363 g/mol. The van der Waals surface area contributed by atoms with Crippen molar-refractivity contribution >= 4 is 23.3 Å². The van der Waals surface area contributed by atoms with E-state index in [1.54, 1.807) is 30.3 Å². The van der Waals surface area contributed by atoms with Gasteiger partial charge in [-0.1, -0.05) is 18.5 Å². The minimum absolute atomic E-state index is 0.377. The zero-order valence-corrected chi connectivity index (χ0v) is 14.9. The van der Waals surface area contributed by atoms with E-state index in [1.807, 2.05) is 19.1 Å². The number of hydrogen-bond acceptors (Lipinski definition) is 5. The summed E-state index contributed by atoms with van der Waals surface area (Å²) in [4.78, 5) is 11.9. The molecule has 0 aliphatic rings. The van der Waals surface area contributed by atoms with Crippen molar-refractivity contribution in [1.82, 2.24) is 0 Å². The first kappa shape index (κ1) is 18.9. The van der Waals surface area contributed by atoms with Crippen molar-refractivity contribution in [3.8, 4) is 11.5 Å². The summed E-state index contributed by atoms with van der Waals surface area (Å²) < 4.78 is 16.4. The number of benzene rings is 2. The van der Waals surface area contributed by atoms with Gasteiger partial charge in [0.2, 0.25) is 0 Å². The number of carbonyl (C=O) groups is 1. The van der Waals surface area contributed by atoms with Gasteiger partial charge < -0.3 is 19.9 Å². The maximum absolute atomic E-state index is 11.9. The quantitative estimate of drug-likeness (QED) is 0.407. The number of carbonyl (C=O) groups excluding carboxylic acids is 1. The molecule has 0 fully saturated rings. The summed E-state index contributed by atoms with van der Waals surface area (Å²) in [6.07, 6.45) is 1.45. The number of halogens is 1. The van der Waals surface area contributed by atoms with E-state index < -0.39 is 0 Å². The van der Waals surface area contributed by atoms with Gasteiger partial charge in [-0.2, -0.15) is 0 Å². The van der Waals surface area contributed by atoms with Gasteiger partial charge in [-0.05, 0) is 48.9 Å². The lowest BCUT2D eigenvalue weighted by Crippen LogP contribution is -2.09. The van der Waals surface area contributed by atoms with Crippen LogP contribution in [0, 0.1) is 0 Å². The minimum atomic E-state index is -0.377. The molecule has 5 nitrogen and oxygen atoms in total. The van der Waals surface area contributed by atoms with Crippen LogP contribution in [0.3, 0.4) is 0 Å². The van der Waals surface area contributed by atoms with Crippen molar-refractivity contribution in [2.45, 2.75) is 19.8 Å². The lowest BCUT2D eigenvalue weighted by Gasteiger charge is -2.11. The standard InChI is InChI=1S/C19H22ClNO4/c1-2-10-25-19(22)14-4-9-17(21)18(13-14)24-12-3-11-23-16-7-5-15(20)6-8-16/h4-9,13H,2-3,10-12,21H2,1H3. The first-order chi connectivity index (χ1) is 12.1. The van der Waals surface area contributed by atoms with Crippen LogP contribution >= 0.6 is 11.6 Å². The predicted molar refractivity (Wildman–Crippen MR) is 98.5 cm³/mol. The van der Waals surface area contributed by atoms with Gasteiger partial charge in [0.05, 0.1) is 31.1 Å². The van der Waals surface area contributed by atoms with Gasteiger partial charge in [-0.15, -0.1) is 0 Å². The number of nitrogens with two attached hydrogens (primary N) is 1. The lowest BCUT2D eigenvalue weighted by atomic mass is 10.2. The van der Waals surface area contributed by atoms with Gasteiger partial charge in [0.1, 0.15) is 11.5 Å². The Morgan fingerprint density at radius 3 is 2.48 bits per heavy atom. The SMILES string of the molecule is CCCOC(=O)c1ccc(N)c(OCCCOc2ccc(Cl)cc2)c1. The fraction of sp³-hybridized carbons (Fsp3) is 0.316. The number of nitrogen functional groups attached to an aromatic ring is 1. The Morgan fingerprint density at radius 1 is 1.04 bits per heavy atom. The Hall–Kier alpha value is -2.40. The van der Waals surface area contributed by atoms with Crippen LogP contribution in [-0.4, -0.2) is 25.8 Å². The highest BCUT2D eigenvalue weighted by atomic mass is 35.5. The molecule has 0 bridgehead atoms. The summed E-state index contributed by atoms with van der Waals surface area (Å²) >= 11 is 5.82. The zero-order chi connectivity index (χ0) is 18.1. The van der Waals surface area contributed by atoms with Crippen molar-refractivity contribution in [1.29, 1.82) is 0 Å². The van der Waals surface area contributed by atoms with E-state index in [-0.39, 0.29) is 5.97 Å². The topological polar surface area (TPSA) is 70.8 Å². The highest BCUT2D eigenvalue weighted by molar-refractivity contribution is 6.30. The molecule has 134 valence electrons. The molecule has 6 heteroatoms. The van der Waals surface area contributed by atoms with E-state index >= 15 is 0 Å². The molecule has 0 saturated carbocycles. The van der Waals surface area contributed by atoms with Crippen molar-refractivity contribution in [2.24, 2.45) is 0 Å². The zero-order valence-electron chi connectivity index (χ0n) is 14.2. The van der Waals surface area contributed by atoms with E-state index in [0.717, 1.165) is 12.2 Å². The normalized spacial score (nSPS) is 10.3. The van der Waals surface area contributed by atoms with Crippen LogP contribution in [0.5, 0.6) is 11.5 Å². The van der Waals surface area contributed by atoms with Gasteiger partial charge in [0.15, 0.2) is 0 Å². The Balaban J connectivity index is 1.79. The molecule has 2 rings (SSSR count). The Labute approximate surface area is 152 Å². The van der Waals surface area contributed by atoms with Crippen LogP contribution in [0.2, 0.25) is 5.02 Å². The summed E-state index contributed by atoms with van der Waals surface area (Å²) in [6, 6.07) is 12.0. The molecule has 0 saturated heterocycles. The first-order valence-electron chi connectivity index (χ1n) is 8.18. The fourth-order valence-corrected chi connectivity index (χ4v) is 2.15. The van der Waals surface area contributed by atoms with E-state index in [9.17, 15) is 4.79 Å². The molecule has 0 unspecified atom stereocenters. The van der Waals surface area contributed by atoms with Gasteiger partial charge in [-0.3, -0.25) is 0 Å². The fourth-order valence-electron chi connectivity index (χ4n) is 2.03. The highest BCUT2D eigenvalue weighted by Crippen LogP contribution is 2.23. The molecule has 0 heterocycles. The molecule has 25 heavy (non-hydrogen) atoms. The third kappa shape index (κ3) is 6.19. The van der Waals surface area contributed by atoms with E-state index in [0.29, 0.717) is 48.3 Å². The molecule has 2 N–H and O–H groups in total. The number of rotatable bonds is 9. The average molecular weight is 364 g/mol. The maximum Gasteiger partial charge on any atom is 0.338 e. The highest BCUT2D eigenvalue weighted by Gasteiger charge is 2.10. The second-order valence-corrected chi connectivity index (χ2v) is 5.83. The van der Waals surface area contributed by atoms with Crippen LogP contribution < -0.4 is 15.2 Å². The van der Waals surface area contributed by atoms with Crippen LogP contribution in [0.4, 0.5) is 5.69 Å². The van der Waals surface area contributed by atoms with Gasteiger partial charge in [0, 0.05) is 11.4 Å². The molecule has 2 aromatic carbocycles. The Morgan fingerprint density at radius 2 is 1.76 bits per heavy atom. The van der Waals surface area contributed by atoms with E-state index in [2.05, 4.69) is 0 Å². The van der Waals surface area contributed by atoms with Crippen LogP contribution in [0.15, 0.2) is 42.5 Å². The molecular weight excluding hydrogens is 342 g/mol. The van der Waals surface area contributed by atoms with Gasteiger partial charge in [0.25, 0.3) is 0 Å². The number of esters is 1. The summed E-state index contributed by atoms with van der Waals surface area (Å²) in [5.41, 5.74) is 6.79. The van der Waals surface area contributed by atoms with Crippen LogP contribution in [0.1, 0.15) is 30.1 Å². The van der Waals surface area contributed by atoms with Gasteiger partial charge in [-0.25, -0.2) is 4.79 Å². The summed E-state index contributed by atoms with van der Waals surface area (Å²) in [5, 5.41) is 0.670. The lowest BCUT2D eigenvalue weighted by molar-refractivity contribution is 0.0504. The third-order valence-electron chi connectivity index (χ3n) is 3.32. The van der Waals surface area contributed by atoms with Crippen molar-refractivity contribution in [3.05, 3.63) is 53.1 Å². The van der Waals surface area contributed by atoms with Crippen molar-refractivity contribution < 1.29 is 19.0 Å². The number of anilines is 1. The number of ether oxygens (including phenoxy) is 3.